The van der Waals surface area contributed by atoms with E-state index >= 15 is 0 Å². The van der Waals surface area contributed by atoms with Gasteiger partial charge in [0.2, 0.25) is 0 Å². The van der Waals surface area contributed by atoms with Crippen molar-refractivity contribution < 1.29 is 0 Å². The van der Waals surface area contributed by atoms with E-state index in [9.17, 15) is 0 Å². The number of thiophene rings is 2. The van der Waals surface area contributed by atoms with E-state index in [2.05, 4.69) is 290 Å². The van der Waals surface area contributed by atoms with Gasteiger partial charge in [-0.05, 0) is 293 Å². The fraction of sp³-hybridized carbons (Fsp3) is 0.351. The van der Waals surface area contributed by atoms with Crippen LogP contribution >= 0.6 is 22.7 Å². The van der Waals surface area contributed by atoms with Crippen molar-refractivity contribution in [2.45, 2.75) is 160 Å². The van der Waals surface area contributed by atoms with Gasteiger partial charge in [-0.1, -0.05) is 58.7 Å². The molecule has 2 aliphatic carbocycles. The van der Waals surface area contributed by atoms with Gasteiger partial charge >= 0.3 is 0 Å². The van der Waals surface area contributed by atoms with Gasteiger partial charge in [-0.2, -0.15) is 0 Å². The van der Waals surface area contributed by atoms with E-state index in [-0.39, 0.29) is 0 Å². The Balaban J connectivity index is 0.000000109. The molecule has 0 spiro atoms. The zero-order valence-electron chi connectivity index (χ0n) is 65.5. The van der Waals surface area contributed by atoms with Crippen LogP contribution in [0.5, 0.6) is 0 Å². The molecule has 106 heavy (non-hydrogen) atoms. The van der Waals surface area contributed by atoms with Crippen molar-refractivity contribution in [1.82, 2.24) is 47.4 Å². The number of fused-ring (bicyclic) bond motifs is 13. The van der Waals surface area contributed by atoms with E-state index in [0.29, 0.717) is 0 Å². The molecule has 12 heterocycles. The number of aromatic nitrogens is 6. The lowest BCUT2D eigenvalue weighted by molar-refractivity contribution is 0.311. The minimum atomic E-state index is 1.03. The highest BCUT2D eigenvalue weighted by atomic mass is 32.1. The van der Waals surface area contributed by atoms with Gasteiger partial charge in [0.1, 0.15) is 0 Å². The van der Waals surface area contributed by atoms with Crippen LogP contribution in [0.2, 0.25) is 0 Å². The van der Waals surface area contributed by atoms with Gasteiger partial charge in [0.25, 0.3) is 0 Å². The monoisotopic (exact) mass is 1440 g/mol. The summed E-state index contributed by atoms with van der Waals surface area (Å²) in [6.45, 7) is 30.7. The lowest BCUT2D eigenvalue weighted by Crippen LogP contribution is -2.27. The fourth-order valence-electron chi connectivity index (χ4n) is 18.4. The topological polar surface area (TPSA) is 50.5 Å². The van der Waals surface area contributed by atoms with Gasteiger partial charge in [0.05, 0.1) is 22.1 Å². The smallest absolute Gasteiger partial charge is 0.0558 e. The van der Waals surface area contributed by atoms with Gasteiger partial charge in [0, 0.05) is 197 Å². The molecule has 0 N–H and O–H groups in total. The van der Waals surface area contributed by atoms with Gasteiger partial charge < -0.3 is 42.4 Å². The van der Waals surface area contributed by atoms with Crippen molar-refractivity contribution in [3.63, 3.8) is 0 Å². The van der Waals surface area contributed by atoms with Crippen molar-refractivity contribution in [3.8, 4) is 0 Å². The van der Waals surface area contributed by atoms with Crippen LogP contribution < -0.4 is 0 Å². The van der Waals surface area contributed by atoms with Crippen LogP contribution in [0.4, 0.5) is 0 Å². The fourth-order valence-corrected chi connectivity index (χ4v) is 20.3. The number of aryl methyl sites for hydroxylation is 9. The van der Waals surface area contributed by atoms with Crippen LogP contribution in [0.15, 0.2) is 139 Å². The van der Waals surface area contributed by atoms with Crippen LogP contribution in [0, 0.1) is 55.4 Å². The number of likely N-dealkylation sites (N-methyl/N-ethyl adjacent to an activating group) is 4. The first-order valence-corrected chi connectivity index (χ1v) is 40.6. The highest BCUT2D eigenvalue weighted by Gasteiger charge is 2.31. The Morgan fingerprint density at radius 2 is 0.953 bits per heavy atom. The van der Waals surface area contributed by atoms with E-state index in [1.54, 1.807) is 39.4 Å². The first kappa shape index (κ1) is 71.4. The molecule has 0 unspecified atom stereocenters. The Morgan fingerprint density at radius 3 is 1.52 bits per heavy atom. The summed E-state index contributed by atoms with van der Waals surface area (Å²) in [7, 11) is 11.1. The summed E-state index contributed by atoms with van der Waals surface area (Å²) in [6, 6.07) is 45.9. The normalized spacial score (nSPS) is 16.8. The lowest BCUT2D eigenvalue weighted by atomic mass is 10.0. The van der Waals surface area contributed by atoms with Crippen molar-refractivity contribution in [3.05, 3.63) is 249 Å². The average molecular weight is 1440 g/mol. The molecule has 0 fully saturated rings. The number of pyridine rings is 1. The second-order valence-corrected chi connectivity index (χ2v) is 34.2. The van der Waals surface area contributed by atoms with Crippen LogP contribution in [0.3, 0.4) is 0 Å². The summed E-state index contributed by atoms with van der Waals surface area (Å²) in [5, 5.41) is 9.27. The average Bonchev–Trinajstić information content (AvgIpc) is 1.63. The van der Waals surface area contributed by atoms with Crippen LogP contribution in [-0.2, 0) is 58.9 Å². The lowest BCUT2D eigenvalue weighted by Gasteiger charge is -2.25. The molecule has 0 amide bonds. The summed E-state index contributed by atoms with van der Waals surface area (Å²) in [5.41, 5.74) is 39.5. The predicted molar refractivity (Wildman–Crippen MR) is 455 cm³/mol. The van der Waals surface area contributed by atoms with E-state index in [1.807, 2.05) is 35.8 Å². The standard InChI is InChI=1S/C27H29N3.C23H27N3.C23H26N2S.C21H24N2S/c1-18-7-9-26-22(15-18)23-17-28(2)13-12-27(23)30(26)25-6-4-5-21(25)19-8-10-24-20(16-19)11-14-29(24)3;1-15-10-16(2)23-20(11-15)21-14-25(5)9-8-22(21)26(23)13-17(3)19-7-6-18(4)24-12-19;1-15-7-9-21-18(13-15)19-14-24(3)12-11-22(19)25(21)20-6-4-5-17(20)23-10-8-16(2)26-23;1-14-5-6-19-17(11-14)18-13-22(4)9-7-20(18)23(19)12-16(3)21-15(2)8-10-24-21/h7-11,14-16H,4-6,12-13,17H2,1-3H3;6-7,10-13H,8-9,14H2,1-5H3;7-10,13H,4-6,11-12,14H2,1-3H3;5-6,8,10-12H,7,9,13H2,1-4H3/b;17-13+;;16-12+. The quantitative estimate of drug-likeness (QED) is 0.152. The molecule has 0 atom stereocenters. The summed E-state index contributed by atoms with van der Waals surface area (Å²) in [4.78, 5) is 18.5. The molecule has 0 saturated heterocycles. The number of rotatable bonds is 8. The Bertz CT molecular complexity index is 5710. The molecule has 12 heteroatoms. The molecule has 0 saturated carbocycles. The molecule has 544 valence electrons. The number of benzene rings is 5. The molecule has 6 aliphatic rings. The predicted octanol–water partition coefficient (Wildman–Crippen LogP) is 22.1. The highest BCUT2D eigenvalue weighted by Crippen LogP contribution is 2.46. The van der Waals surface area contributed by atoms with E-state index in [0.717, 1.165) is 83.7 Å². The SMILES string of the molecule is C/C(=C\n1c2c(c3cc(C)cc(C)c31)CN(C)CC2)c1ccc(C)nc1.C/C(=C\n1c2c(c3cc(C)ccc31)CN(C)CC2)c1sccc1C.Cc1ccc2c(c1)c1c(n2C2=C(c3ccc(C)s3)CCC2)CCN(C)C1.Cc1ccc2c(c1)c1c(n2C2=C(c3ccc4c(ccn4C)c3)CCC2)CCN(C)C1. The van der Waals surface area contributed by atoms with Crippen LogP contribution in [0.1, 0.15) is 162 Å². The van der Waals surface area contributed by atoms with Gasteiger partial charge in [-0.25, -0.2) is 0 Å². The van der Waals surface area contributed by atoms with E-state index in [4.69, 9.17) is 0 Å². The number of hydrogen-bond acceptors (Lipinski definition) is 7. The van der Waals surface area contributed by atoms with Crippen molar-refractivity contribution in [2.75, 3.05) is 54.4 Å². The molecular formula is C94H106N10S2. The first-order chi connectivity index (χ1) is 51.2. The summed E-state index contributed by atoms with van der Waals surface area (Å²) < 4.78 is 12.4. The Morgan fingerprint density at radius 1 is 0.434 bits per heavy atom. The molecule has 10 nitrogen and oxygen atoms in total. The Labute approximate surface area is 636 Å². The van der Waals surface area contributed by atoms with E-state index < -0.39 is 0 Å². The van der Waals surface area contributed by atoms with Crippen molar-refractivity contribution in [2.24, 2.45) is 7.05 Å². The van der Waals surface area contributed by atoms with Crippen molar-refractivity contribution >= 4 is 123 Å². The Hall–Kier alpha value is -8.85. The molecule has 5 aromatic carbocycles. The zero-order valence-corrected chi connectivity index (χ0v) is 67.1. The highest BCUT2D eigenvalue weighted by molar-refractivity contribution is 7.13. The van der Waals surface area contributed by atoms with Gasteiger partial charge in [-0.3, -0.25) is 4.98 Å². The summed E-state index contributed by atoms with van der Waals surface area (Å²) >= 11 is 3.79. The maximum absolute atomic E-state index is 4.46. The van der Waals surface area contributed by atoms with Gasteiger partial charge in [-0.15, -0.1) is 22.7 Å². The second kappa shape index (κ2) is 29.4. The molecule has 4 aliphatic heterocycles. The number of nitrogens with zero attached hydrogens (tertiary/aromatic N) is 10. The third-order valence-electron chi connectivity index (χ3n) is 23.8. The first-order valence-electron chi connectivity index (χ1n) is 38.9. The second-order valence-electron chi connectivity index (χ2n) is 32.0. The number of allylic oxidation sites excluding steroid dienone is 6. The molecular weight excluding hydrogens is 1330 g/mol. The maximum atomic E-state index is 4.46. The van der Waals surface area contributed by atoms with Gasteiger partial charge in [0.15, 0.2) is 0 Å². The van der Waals surface area contributed by atoms with Crippen LogP contribution in [-0.4, -0.2) is 102 Å². The maximum Gasteiger partial charge on any atom is 0.0558 e. The number of hydrogen-bond donors (Lipinski definition) is 0. The van der Waals surface area contributed by atoms with Crippen LogP contribution in [0.25, 0.3) is 101 Å². The molecule has 0 radical (unpaired) electrons. The van der Waals surface area contributed by atoms with Crippen molar-refractivity contribution in [1.29, 1.82) is 0 Å². The summed E-state index contributed by atoms with van der Waals surface area (Å²) in [6.07, 6.45) is 20.6. The van der Waals surface area contributed by atoms with E-state index in [1.165, 1.54) is 192 Å². The Kier molecular flexibility index (Phi) is 19.8. The minimum Gasteiger partial charge on any atom is -0.351 e. The third-order valence-corrected chi connectivity index (χ3v) is 26.0. The molecule has 8 aromatic heterocycles. The molecule has 19 rings (SSSR count). The summed E-state index contributed by atoms with van der Waals surface area (Å²) in [5.74, 6) is 0. The zero-order chi connectivity index (χ0) is 73.5. The molecule has 13 aromatic rings. The largest absolute Gasteiger partial charge is 0.351 e. The molecule has 0 bridgehead atoms. The minimum absolute atomic E-state index is 1.03. The third kappa shape index (κ3) is 13.6.